The lowest BCUT2D eigenvalue weighted by Gasteiger charge is -2.10. The van der Waals surface area contributed by atoms with Gasteiger partial charge in [0.1, 0.15) is 23.0 Å². The molecule has 0 bridgehead atoms. The second-order valence-corrected chi connectivity index (χ2v) is 6.79. The summed E-state index contributed by atoms with van der Waals surface area (Å²) in [5, 5.41) is 3.49. The van der Waals surface area contributed by atoms with Crippen LogP contribution in [0.15, 0.2) is 60.8 Å². The Balaban J connectivity index is 1.53. The van der Waals surface area contributed by atoms with E-state index in [1.165, 1.54) is 12.1 Å². The fourth-order valence-electron chi connectivity index (χ4n) is 3.36. The minimum absolute atomic E-state index is 0.257. The molecule has 2 aromatic carbocycles. The lowest BCUT2D eigenvalue weighted by molar-refractivity contribution is 0.174. The second kappa shape index (κ2) is 6.56. The molecular formula is C22H18FN3O2. The number of nitrogens with one attached hydrogen (secondary N) is 1. The molecule has 1 aliphatic rings. The minimum atomic E-state index is -0.266. The van der Waals surface area contributed by atoms with E-state index >= 15 is 0 Å². The highest BCUT2D eigenvalue weighted by Gasteiger charge is 2.16. The van der Waals surface area contributed by atoms with Crippen LogP contribution in [0.3, 0.4) is 0 Å². The molecule has 0 spiro atoms. The second-order valence-electron chi connectivity index (χ2n) is 6.79. The van der Waals surface area contributed by atoms with Crippen molar-refractivity contribution in [1.82, 2.24) is 9.38 Å². The zero-order valence-electron chi connectivity index (χ0n) is 15.3. The molecule has 5 nitrogen and oxygen atoms in total. The predicted octanol–water partition coefficient (Wildman–Crippen LogP) is 4.79. The summed E-state index contributed by atoms with van der Waals surface area (Å²) >= 11 is 0. The van der Waals surface area contributed by atoms with Crippen molar-refractivity contribution in [2.24, 2.45) is 0 Å². The van der Waals surface area contributed by atoms with Crippen LogP contribution < -0.4 is 14.8 Å². The number of imidazole rings is 1. The third kappa shape index (κ3) is 2.93. The number of rotatable bonds is 4. The average molecular weight is 375 g/mol. The zero-order chi connectivity index (χ0) is 19.1. The van der Waals surface area contributed by atoms with Gasteiger partial charge in [-0.05, 0) is 66.6 Å². The van der Waals surface area contributed by atoms with Crippen LogP contribution in [0.1, 0.15) is 11.1 Å². The highest BCUT2D eigenvalue weighted by atomic mass is 19.1. The number of hydrogen-bond donors (Lipinski definition) is 1. The van der Waals surface area contributed by atoms with E-state index in [1.807, 2.05) is 47.9 Å². The Morgan fingerprint density at radius 1 is 1.04 bits per heavy atom. The standard InChI is InChI=1S/C22H18FN3O2/c1-14-8-9-26-20(10-14)25-21(16-3-5-17(23)6-4-16)22(26)24-12-15-2-7-18-19(11-15)28-13-27-18/h2-11,24H,12-13H2,1H3. The third-order valence-electron chi connectivity index (χ3n) is 4.80. The molecule has 0 unspecified atom stereocenters. The van der Waals surface area contributed by atoms with E-state index in [0.717, 1.165) is 45.3 Å². The summed E-state index contributed by atoms with van der Waals surface area (Å²) in [6.07, 6.45) is 1.99. The van der Waals surface area contributed by atoms with Crippen molar-refractivity contribution in [2.75, 3.05) is 12.1 Å². The monoisotopic (exact) mass is 375 g/mol. The number of aromatic nitrogens is 2. The van der Waals surface area contributed by atoms with Gasteiger partial charge in [0, 0.05) is 18.3 Å². The van der Waals surface area contributed by atoms with Gasteiger partial charge in [0.2, 0.25) is 6.79 Å². The first-order valence-corrected chi connectivity index (χ1v) is 9.04. The number of hydrogen-bond acceptors (Lipinski definition) is 4. The van der Waals surface area contributed by atoms with Crippen LogP contribution in [0, 0.1) is 12.7 Å². The van der Waals surface area contributed by atoms with Crippen molar-refractivity contribution in [1.29, 1.82) is 0 Å². The van der Waals surface area contributed by atoms with Crippen molar-refractivity contribution in [3.8, 4) is 22.8 Å². The van der Waals surface area contributed by atoms with Gasteiger partial charge in [-0.25, -0.2) is 9.37 Å². The molecule has 140 valence electrons. The van der Waals surface area contributed by atoms with Crippen LogP contribution in [-0.2, 0) is 6.54 Å². The molecule has 2 aromatic heterocycles. The number of aryl methyl sites for hydroxylation is 1. The number of benzene rings is 2. The molecule has 0 radical (unpaired) electrons. The maximum absolute atomic E-state index is 13.4. The van der Waals surface area contributed by atoms with E-state index in [9.17, 15) is 4.39 Å². The largest absolute Gasteiger partial charge is 0.454 e. The van der Waals surface area contributed by atoms with Crippen molar-refractivity contribution in [3.05, 3.63) is 77.7 Å². The summed E-state index contributed by atoms with van der Waals surface area (Å²) in [5.74, 6) is 2.12. The Kier molecular flexibility index (Phi) is 3.90. The predicted molar refractivity (Wildman–Crippen MR) is 105 cm³/mol. The Bertz CT molecular complexity index is 1170. The van der Waals surface area contributed by atoms with Crippen LogP contribution in [0.4, 0.5) is 10.2 Å². The van der Waals surface area contributed by atoms with E-state index in [2.05, 4.69) is 5.32 Å². The van der Waals surface area contributed by atoms with Crippen LogP contribution in [0.5, 0.6) is 11.5 Å². The molecule has 0 amide bonds. The lowest BCUT2D eigenvalue weighted by atomic mass is 10.1. The zero-order valence-corrected chi connectivity index (χ0v) is 15.3. The summed E-state index contributed by atoms with van der Waals surface area (Å²) in [4.78, 5) is 4.78. The minimum Gasteiger partial charge on any atom is -0.454 e. The normalized spacial score (nSPS) is 12.5. The van der Waals surface area contributed by atoms with Gasteiger partial charge in [0.15, 0.2) is 11.5 Å². The van der Waals surface area contributed by atoms with Gasteiger partial charge in [-0.1, -0.05) is 6.07 Å². The summed E-state index contributed by atoms with van der Waals surface area (Å²) in [5.41, 5.74) is 4.68. The van der Waals surface area contributed by atoms with Crippen molar-refractivity contribution < 1.29 is 13.9 Å². The van der Waals surface area contributed by atoms with Crippen LogP contribution in [-0.4, -0.2) is 16.2 Å². The fraction of sp³-hybridized carbons (Fsp3) is 0.136. The number of nitrogens with zero attached hydrogens (tertiary/aromatic N) is 2. The molecule has 0 fully saturated rings. The number of halogens is 1. The number of pyridine rings is 1. The van der Waals surface area contributed by atoms with Gasteiger partial charge in [-0.15, -0.1) is 0 Å². The summed E-state index contributed by atoms with van der Waals surface area (Å²) < 4.78 is 26.2. The van der Waals surface area contributed by atoms with Gasteiger partial charge >= 0.3 is 0 Å². The fourth-order valence-corrected chi connectivity index (χ4v) is 3.36. The molecule has 3 heterocycles. The molecule has 4 aromatic rings. The highest BCUT2D eigenvalue weighted by Crippen LogP contribution is 2.33. The summed E-state index contributed by atoms with van der Waals surface area (Å²) in [7, 11) is 0. The first-order valence-electron chi connectivity index (χ1n) is 9.04. The smallest absolute Gasteiger partial charge is 0.231 e. The first-order chi connectivity index (χ1) is 13.7. The van der Waals surface area contributed by atoms with Crippen LogP contribution >= 0.6 is 0 Å². The van der Waals surface area contributed by atoms with Gasteiger partial charge in [-0.2, -0.15) is 0 Å². The van der Waals surface area contributed by atoms with Crippen LogP contribution in [0.2, 0.25) is 0 Å². The molecule has 0 saturated carbocycles. The SMILES string of the molecule is Cc1ccn2c(NCc3ccc4c(c3)OCO4)c(-c3ccc(F)cc3)nc2c1. The Morgan fingerprint density at radius 3 is 2.71 bits per heavy atom. The Morgan fingerprint density at radius 2 is 1.86 bits per heavy atom. The van der Waals surface area contributed by atoms with Crippen molar-refractivity contribution >= 4 is 11.5 Å². The maximum atomic E-state index is 13.4. The number of anilines is 1. The van der Waals surface area contributed by atoms with E-state index in [-0.39, 0.29) is 12.6 Å². The molecule has 0 saturated heterocycles. The van der Waals surface area contributed by atoms with E-state index in [1.54, 1.807) is 12.1 Å². The molecular weight excluding hydrogens is 357 g/mol. The van der Waals surface area contributed by atoms with Crippen molar-refractivity contribution in [2.45, 2.75) is 13.5 Å². The summed E-state index contributed by atoms with van der Waals surface area (Å²) in [6, 6.07) is 16.3. The van der Waals surface area contributed by atoms with Gasteiger partial charge in [-0.3, -0.25) is 4.40 Å². The molecule has 1 aliphatic heterocycles. The van der Waals surface area contributed by atoms with E-state index < -0.39 is 0 Å². The summed E-state index contributed by atoms with van der Waals surface area (Å²) in [6.45, 7) is 2.88. The average Bonchev–Trinajstić information content (AvgIpc) is 3.30. The molecule has 1 N–H and O–H groups in total. The van der Waals surface area contributed by atoms with Gasteiger partial charge < -0.3 is 14.8 Å². The van der Waals surface area contributed by atoms with E-state index in [0.29, 0.717) is 6.54 Å². The topological polar surface area (TPSA) is 47.8 Å². The molecule has 6 heteroatoms. The highest BCUT2D eigenvalue weighted by molar-refractivity contribution is 5.76. The Labute approximate surface area is 161 Å². The molecule has 28 heavy (non-hydrogen) atoms. The van der Waals surface area contributed by atoms with Crippen molar-refractivity contribution in [3.63, 3.8) is 0 Å². The molecule has 0 atom stereocenters. The number of ether oxygens (including phenoxy) is 2. The molecule has 0 aliphatic carbocycles. The first kappa shape index (κ1) is 16.6. The van der Waals surface area contributed by atoms with Crippen LogP contribution in [0.25, 0.3) is 16.9 Å². The van der Waals surface area contributed by atoms with Gasteiger partial charge in [0.25, 0.3) is 0 Å². The van der Waals surface area contributed by atoms with Gasteiger partial charge in [0.05, 0.1) is 0 Å². The molecule has 5 rings (SSSR count). The quantitative estimate of drug-likeness (QED) is 0.557. The van der Waals surface area contributed by atoms with E-state index in [4.69, 9.17) is 14.5 Å². The number of fused-ring (bicyclic) bond motifs is 2. The lowest BCUT2D eigenvalue weighted by Crippen LogP contribution is -2.03. The maximum Gasteiger partial charge on any atom is 0.231 e. The Hall–Kier alpha value is -3.54. The third-order valence-corrected chi connectivity index (χ3v) is 4.80.